The Bertz CT molecular complexity index is 1180. The summed E-state index contributed by atoms with van der Waals surface area (Å²) < 4.78 is 14.6. The van der Waals surface area contributed by atoms with E-state index < -0.39 is 19.4 Å². The van der Waals surface area contributed by atoms with Crippen LogP contribution in [0.2, 0.25) is 0 Å². The summed E-state index contributed by atoms with van der Waals surface area (Å²) in [5, 5.41) is 16.9. The van der Waals surface area contributed by atoms with Crippen molar-refractivity contribution in [2.45, 2.75) is 18.5 Å². The average Bonchev–Trinajstić information content (AvgIpc) is 2.88. The molecule has 0 aliphatic heterocycles. The van der Waals surface area contributed by atoms with Crippen LogP contribution in [0.25, 0.3) is 0 Å². The topological polar surface area (TPSA) is 72.2 Å². The highest BCUT2D eigenvalue weighted by Gasteiger charge is 2.39. The highest BCUT2D eigenvalue weighted by molar-refractivity contribution is 7.76. The largest absolute Gasteiger partial charge is 0.296 e. The van der Waals surface area contributed by atoms with Gasteiger partial charge in [0.25, 0.3) is 0 Å². The predicted octanol–water partition coefficient (Wildman–Crippen LogP) is 5.13. The van der Waals surface area contributed by atoms with Crippen LogP contribution < -0.4 is 15.7 Å². The summed E-state index contributed by atoms with van der Waals surface area (Å²) in [6, 6.07) is 35.1. The summed E-state index contributed by atoms with van der Waals surface area (Å²) in [4.78, 5) is 12.1. The van der Waals surface area contributed by atoms with E-state index in [4.69, 9.17) is 0 Å². The van der Waals surface area contributed by atoms with Crippen LogP contribution in [0.5, 0.6) is 0 Å². The molecule has 0 unspecified atom stereocenters. The molecule has 1 N–H and O–H groups in total. The molecule has 0 saturated carbocycles. The Morgan fingerprint density at radius 1 is 0.697 bits per heavy atom. The normalized spacial score (nSPS) is 13.2. The van der Waals surface area contributed by atoms with E-state index in [1.165, 1.54) is 0 Å². The van der Waals surface area contributed by atoms with Crippen LogP contribution in [0, 0.1) is 10.1 Å². The number of nitrogens with one attached hydrogen (secondary N) is 1. The van der Waals surface area contributed by atoms with Crippen molar-refractivity contribution in [3.8, 4) is 0 Å². The van der Waals surface area contributed by atoms with Gasteiger partial charge in [0.1, 0.15) is 6.04 Å². The van der Waals surface area contributed by atoms with E-state index >= 15 is 0 Å². The lowest BCUT2D eigenvalue weighted by Gasteiger charge is -2.29. The number of hydrogen-bond donors (Lipinski definition) is 1. The van der Waals surface area contributed by atoms with Gasteiger partial charge >= 0.3 is 0 Å². The Kier molecular flexibility index (Phi) is 7.13. The molecule has 0 amide bonds. The minimum absolute atomic E-state index is 0.212. The molecular weight excluding hydrogens is 431 g/mol. The standard InChI is InChI=1S/C27H25N2O3P/c30-29(31)26(21-22-13-5-1-6-14-22)27(23-15-7-2-8-16-23)28-33(32,24-17-9-3-10-18-24)25-19-11-4-12-20-25/h1-20,26-27H,21H2,(H,28,32)/t26-,27+/m0/s1. The maximum atomic E-state index is 14.6. The summed E-state index contributed by atoms with van der Waals surface area (Å²) in [7, 11) is -3.40. The summed E-state index contributed by atoms with van der Waals surface area (Å²) in [5.41, 5.74) is 1.58. The molecule has 166 valence electrons. The van der Waals surface area contributed by atoms with Crippen LogP contribution in [-0.2, 0) is 11.0 Å². The van der Waals surface area contributed by atoms with Gasteiger partial charge in [-0.15, -0.1) is 0 Å². The van der Waals surface area contributed by atoms with Crippen molar-refractivity contribution in [3.63, 3.8) is 0 Å². The summed E-state index contributed by atoms with van der Waals surface area (Å²) in [6.45, 7) is 0. The van der Waals surface area contributed by atoms with E-state index in [0.29, 0.717) is 10.6 Å². The molecule has 0 aliphatic carbocycles. The molecular formula is C27H25N2O3P. The average molecular weight is 456 g/mol. The molecule has 0 spiro atoms. The molecule has 4 aromatic rings. The third-order valence-corrected chi connectivity index (χ3v) is 8.35. The lowest BCUT2D eigenvalue weighted by Crippen LogP contribution is -2.41. The Hall–Kier alpha value is -3.53. The number of nitrogens with zero attached hydrogens (tertiary/aromatic N) is 1. The van der Waals surface area contributed by atoms with E-state index in [9.17, 15) is 14.7 Å². The molecule has 0 heterocycles. The molecule has 0 bridgehead atoms. The molecule has 4 aromatic carbocycles. The van der Waals surface area contributed by atoms with Crippen molar-refractivity contribution in [2.24, 2.45) is 0 Å². The fourth-order valence-corrected chi connectivity index (χ4v) is 6.48. The van der Waals surface area contributed by atoms with Crippen LogP contribution >= 0.6 is 7.29 Å². The van der Waals surface area contributed by atoms with E-state index in [-0.39, 0.29) is 11.3 Å². The van der Waals surface area contributed by atoms with Gasteiger partial charge in [-0.05, 0) is 35.4 Å². The van der Waals surface area contributed by atoms with Gasteiger partial charge in [0.15, 0.2) is 0 Å². The monoisotopic (exact) mass is 456 g/mol. The zero-order valence-corrected chi connectivity index (χ0v) is 18.9. The van der Waals surface area contributed by atoms with E-state index in [1.807, 2.05) is 97.1 Å². The first-order valence-corrected chi connectivity index (χ1v) is 12.5. The van der Waals surface area contributed by atoms with Gasteiger partial charge in [-0.1, -0.05) is 97.1 Å². The molecule has 0 aliphatic rings. The number of nitro groups is 1. The number of benzene rings is 4. The molecule has 2 atom stereocenters. The molecule has 5 nitrogen and oxygen atoms in total. The first-order chi connectivity index (χ1) is 16.1. The maximum Gasteiger partial charge on any atom is 0.236 e. The van der Waals surface area contributed by atoms with Gasteiger partial charge < -0.3 is 0 Å². The van der Waals surface area contributed by atoms with Gasteiger partial charge in [-0.2, -0.15) is 0 Å². The SMILES string of the molecule is O=[N+]([O-])[C@@H](Cc1ccccc1)[C@H](NP(=O)(c1ccccc1)c1ccccc1)c1ccccc1. The van der Waals surface area contributed by atoms with Crippen LogP contribution in [0.3, 0.4) is 0 Å². The highest BCUT2D eigenvalue weighted by atomic mass is 31.2. The van der Waals surface area contributed by atoms with Crippen LogP contribution in [0.1, 0.15) is 17.2 Å². The Labute approximate surface area is 193 Å². The van der Waals surface area contributed by atoms with Gasteiger partial charge in [-0.3, -0.25) is 14.7 Å². The fraction of sp³-hybridized carbons (Fsp3) is 0.111. The third kappa shape index (κ3) is 5.28. The Morgan fingerprint density at radius 3 is 1.58 bits per heavy atom. The third-order valence-electron chi connectivity index (χ3n) is 5.66. The molecule has 6 heteroatoms. The minimum Gasteiger partial charge on any atom is -0.296 e. The quantitative estimate of drug-likeness (QED) is 0.215. The summed E-state index contributed by atoms with van der Waals surface area (Å²) in [6.07, 6.45) is 0.212. The zero-order chi connectivity index (χ0) is 23.1. The van der Waals surface area contributed by atoms with Crippen LogP contribution in [0.15, 0.2) is 121 Å². The van der Waals surface area contributed by atoms with Crippen molar-refractivity contribution in [3.05, 3.63) is 143 Å². The van der Waals surface area contributed by atoms with E-state index in [0.717, 1.165) is 11.1 Å². The second-order valence-corrected chi connectivity index (χ2v) is 10.3. The molecule has 0 fully saturated rings. The van der Waals surface area contributed by atoms with Gasteiger partial charge in [-0.25, -0.2) is 5.09 Å². The lowest BCUT2D eigenvalue weighted by molar-refractivity contribution is -0.527. The molecule has 4 rings (SSSR count). The lowest BCUT2D eigenvalue weighted by atomic mass is 9.95. The number of rotatable bonds is 9. The van der Waals surface area contributed by atoms with Crippen molar-refractivity contribution < 1.29 is 9.49 Å². The van der Waals surface area contributed by atoms with Crippen molar-refractivity contribution in [2.75, 3.05) is 0 Å². The molecule has 0 saturated heterocycles. The minimum atomic E-state index is -3.40. The predicted molar refractivity (Wildman–Crippen MR) is 133 cm³/mol. The van der Waals surface area contributed by atoms with Crippen molar-refractivity contribution in [1.82, 2.24) is 5.09 Å². The number of hydrogen-bond acceptors (Lipinski definition) is 3. The second kappa shape index (κ2) is 10.4. The van der Waals surface area contributed by atoms with Crippen molar-refractivity contribution in [1.29, 1.82) is 0 Å². The first kappa shape index (κ1) is 22.7. The van der Waals surface area contributed by atoms with E-state index in [2.05, 4.69) is 5.09 Å². The van der Waals surface area contributed by atoms with Crippen LogP contribution in [-0.4, -0.2) is 11.0 Å². The first-order valence-electron chi connectivity index (χ1n) is 10.8. The molecule has 0 radical (unpaired) electrons. The fourth-order valence-electron chi connectivity index (χ4n) is 3.98. The Morgan fingerprint density at radius 2 is 1.12 bits per heavy atom. The smallest absolute Gasteiger partial charge is 0.236 e. The van der Waals surface area contributed by atoms with E-state index in [1.54, 1.807) is 24.3 Å². The summed E-state index contributed by atoms with van der Waals surface area (Å²) in [5.74, 6) is 0. The highest BCUT2D eigenvalue weighted by Crippen LogP contribution is 2.43. The summed E-state index contributed by atoms with van der Waals surface area (Å²) >= 11 is 0. The van der Waals surface area contributed by atoms with Gasteiger partial charge in [0.05, 0.1) is 0 Å². The van der Waals surface area contributed by atoms with Gasteiger partial charge in [0.2, 0.25) is 13.3 Å². The van der Waals surface area contributed by atoms with Gasteiger partial charge in [0, 0.05) is 22.0 Å². The Balaban J connectivity index is 1.82. The van der Waals surface area contributed by atoms with Crippen molar-refractivity contribution >= 4 is 17.9 Å². The maximum absolute atomic E-state index is 14.6. The second-order valence-electron chi connectivity index (χ2n) is 7.84. The van der Waals surface area contributed by atoms with Crippen LogP contribution in [0.4, 0.5) is 0 Å². The molecule has 33 heavy (non-hydrogen) atoms. The molecule has 0 aromatic heterocycles. The zero-order valence-electron chi connectivity index (χ0n) is 18.0.